The fraction of sp³-hybridized carbons (Fsp3) is 0.176. The highest BCUT2D eigenvalue weighted by atomic mass is 16.2. The van der Waals surface area contributed by atoms with Gasteiger partial charge in [0, 0.05) is 19.7 Å². The Kier molecular flexibility index (Phi) is 3.55. The van der Waals surface area contributed by atoms with Gasteiger partial charge in [0.2, 0.25) is 5.91 Å². The largest absolute Gasteiger partial charge is 0.350 e. The molecule has 0 aliphatic carbocycles. The van der Waals surface area contributed by atoms with E-state index in [2.05, 4.69) is 10.6 Å². The van der Waals surface area contributed by atoms with Crippen LogP contribution < -0.4 is 15.5 Å². The van der Waals surface area contributed by atoms with Gasteiger partial charge in [0.25, 0.3) is 5.91 Å². The number of amides is 2. The zero-order valence-electron chi connectivity index (χ0n) is 12.5. The summed E-state index contributed by atoms with van der Waals surface area (Å²) in [6.07, 6.45) is -0.228. The van der Waals surface area contributed by atoms with Gasteiger partial charge in [0.1, 0.15) is 6.17 Å². The Bertz CT molecular complexity index is 725. The average molecular weight is 295 g/mol. The SMILES string of the molecule is CC(=O)Nc1ccc([C@H]2NC(=O)c3ccccc3N2C)cc1. The first-order chi connectivity index (χ1) is 10.6. The van der Waals surface area contributed by atoms with Gasteiger partial charge < -0.3 is 15.5 Å². The van der Waals surface area contributed by atoms with Crippen LogP contribution in [-0.4, -0.2) is 18.9 Å². The molecule has 2 aromatic rings. The molecule has 0 saturated carbocycles. The van der Waals surface area contributed by atoms with Gasteiger partial charge >= 0.3 is 0 Å². The van der Waals surface area contributed by atoms with Crippen molar-refractivity contribution in [3.05, 3.63) is 59.7 Å². The maximum atomic E-state index is 12.2. The standard InChI is InChI=1S/C17H17N3O2/c1-11(21)18-13-9-7-12(8-10-13)16-19-17(22)14-5-3-4-6-15(14)20(16)2/h3-10,16H,1-2H3,(H,18,21)(H,19,22)/t16-/m0/s1. The van der Waals surface area contributed by atoms with E-state index in [9.17, 15) is 9.59 Å². The third-order valence-electron chi connectivity index (χ3n) is 3.73. The second-order valence-corrected chi connectivity index (χ2v) is 5.31. The molecule has 1 heterocycles. The molecule has 112 valence electrons. The zero-order chi connectivity index (χ0) is 15.7. The van der Waals surface area contributed by atoms with Gasteiger partial charge in [-0.1, -0.05) is 24.3 Å². The molecular weight excluding hydrogens is 278 g/mol. The van der Waals surface area contributed by atoms with Crippen LogP contribution in [0.3, 0.4) is 0 Å². The normalized spacial score (nSPS) is 16.7. The van der Waals surface area contributed by atoms with E-state index >= 15 is 0 Å². The minimum Gasteiger partial charge on any atom is -0.350 e. The Labute approximate surface area is 128 Å². The quantitative estimate of drug-likeness (QED) is 0.895. The monoisotopic (exact) mass is 295 g/mol. The zero-order valence-corrected chi connectivity index (χ0v) is 12.5. The topological polar surface area (TPSA) is 61.4 Å². The molecule has 1 aliphatic heterocycles. The number of nitrogens with zero attached hydrogens (tertiary/aromatic N) is 1. The van der Waals surface area contributed by atoms with Crippen molar-refractivity contribution >= 4 is 23.2 Å². The fourth-order valence-electron chi connectivity index (χ4n) is 2.67. The Balaban J connectivity index is 1.90. The predicted octanol–water partition coefficient (Wildman–Crippen LogP) is 2.52. The number of para-hydroxylation sites is 1. The molecule has 5 nitrogen and oxygen atoms in total. The van der Waals surface area contributed by atoms with Crippen molar-refractivity contribution in [1.82, 2.24) is 5.32 Å². The number of nitrogens with one attached hydrogen (secondary N) is 2. The van der Waals surface area contributed by atoms with Crippen LogP contribution in [0.5, 0.6) is 0 Å². The molecular formula is C17H17N3O2. The highest BCUT2D eigenvalue weighted by Gasteiger charge is 2.28. The predicted molar refractivity (Wildman–Crippen MR) is 85.8 cm³/mol. The number of carbonyl (C=O) groups is 2. The first kappa shape index (κ1) is 14.1. The molecule has 1 atom stereocenters. The van der Waals surface area contributed by atoms with Crippen molar-refractivity contribution < 1.29 is 9.59 Å². The van der Waals surface area contributed by atoms with Crippen LogP contribution in [0.4, 0.5) is 11.4 Å². The van der Waals surface area contributed by atoms with Gasteiger partial charge in [-0.15, -0.1) is 0 Å². The molecule has 0 fully saturated rings. The lowest BCUT2D eigenvalue weighted by Gasteiger charge is -2.36. The van der Waals surface area contributed by atoms with Crippen molar-refractivity contribution in [2.75, 3.05) is 17.3 Å². The highest BCUT2D eigenvalue weighted by molar-refractivity contribution is 6.02. The molecule has 0 saturated heterocycles. The van der Waals surface area contributed by atoms with Crippen molar-refractivity contribution in [3.8, 4) is 0 Å². The smallest absolute Gasteiger partial charge is 0.255 e. The van der Waals surface area contributed by atoms with Gasteiger partial charge in [-0.25, -0.2) is 0 Å². The van der Waals surface area contributed by atoms with Gasteiger partial charge in [-0.3, -0.25) is 9.59 Å². The number of benzene rings is 2. The number of anilines is 2. The summed E-state index contributed by atoms with van der Waals surface area (Å²) >= 11 is 0. The summed E-state index contributed by atoms with van der Waals surface area (Å²) in [6, 6.07) is 15.0. The molecule has 2 aromatic carbocycles. The van der Waals surface area contributed by atoms with Crippen LogP contribution in [-0.2, 0) is 4.79 Å². The van der Waals surface area contributed by atoms with E-state index < -0.39 is 0 Å². The van der Waals surface area contributed by atoms with Crippen molar-refractivity contribution in [2.24, 2.45) is 0 Å². The maximum absolute atomic E-state index is 12.2. The summed E-state index contributed by atoms with van der Waals surface area (Å²) in [5, 5.41) is 5.73. The van der Waals surface area contributed by atoms with Crippen LogP contribution in [0, 0.1) is 0 Å². The number of carbonyl (C=O) groups excluding carboxylic acids is 2. The summed E-state index contributed by atoms with van der Waals surface area (Å²) in [4.78, 5) is 25.3. The van der Waals surface area contributed by atoms with Gasteiger partial charge in [0.15, 0.2) is 0 Å². The van der Waals surface area contributed by atoms with E-state index in [1.165, 1.54) is 6.92 Å². The first-order valence-electron chi connectivity index (χ1n) is 7.06. The van der Waals surface area contributed by atoms with Gasteiger partial charge in [0.05, 0.1) is 11.3 Å². The van der Waals surface area contributed by atoms with E-state index in [0.717, 1.165) is 16.9 Å². The molecule has 3 rings (SSSR count). The third kappa shape index (κ3) is 2.53. The van der Waals surface area contributed by atoms with Crippen LogP contribution in [0.15, 0.2) is 48.5 Å². The van der Waals surface area contributed by atoms with Crippen molar-refractivity contribution in [1.29, 1.82) is 0 Å². The Morgan fingerprint density at radius 3 is 2.50 bits per heavy atom. The van der Waals surface area contributed by atoms with Gasteiger partial charge in [-0.2, -0.15) is 0 Å². The van der Waals surface area contributed by atoms with Crippen molar-refractivity contribution in [2.45, 2.75) is 13.1 Å². The number of rotatable bonds is 2. The third-order valence-corrected chi connectivity index (χ3v) is 3.73. The second-order valence-electron chi connectivity index (χ2n) is 5.31. The van der Waals surface area contributed by atoms with Crippen LogP contribution in [0.2, 0.25) is 0 Å². The molecule has 0 aromatic heterocycles. The van der Waals surface area contributed by atoms with Crippen molar-refractivity contribution in [3.63, 3.8) is 0 Å². The Hall–Kier alpha value is -2.82. The van der Waals surface area contributed by atoms with E-state index in [0.29, 0.717) is 5.56 Å². The van der Waals surface area contributed by atoms with E-state index in [1.54, 1.807) is 0 Å². The maximum Gasteiger partial charge on any atom is 0.255 e. The highest BCUT2D eigenvalue weighted by Crippen LogP contribution is 2.31. The minimum atomic E-state index is -0.228. The van der Waals surface area contributed by atoms with Crippen LogP contribution in [0.25, 0.3) is 0 Å². The molecule has 2 amide bonds. The summed E-state index contributed by atoms with van der Waals surface area (Å²) in [5.41, 5.74) is 3.28. The Morgan fingerprint density at radius 2 is 1.82 bits per heavy atom. The molecule has 1 aliphatic rings. The number of hydrogen-bond acceptors (Lipinski definition) is 3. The second kappa shape index (κ2) is 5.52. The molecule has 0 bridgehead atoms. The van der Waals surface area contributed by atoms with Crippen LogP contribution >= 0.6 is 0 Å². The number of hydrogen-bond donors (Lipinski definition) is 2. The lowest BCUT2D eigenvalue weighted by Crippen LogP contribution is -2.44. The summed E-state index contributed by atoms with van der Waals surface area (Å²) in [5.74, 6) is -0.186. The Morgan fingerprint density at radius 1 is 1.14 bits per heavy atom. The molecule has 0 unspecified atom stereocenters. The van der Waals surface area contributed by atoms with E-state index in [4.69, 9.17) is 0 Å². The molecule has 5 heteroatoms. The van der Waals surface area contributed by atoms with Gasteiger partial charge in [-0.05, 0) is 29.8 Å². The summed E-state index contributed by atoms with van der Waals surface area (Å²) < 4.78 is 0. The van der Waals surface area contributed by atoms with E-state index in [-0.39, 0.29) is 18.0 Å². The summed E-state index contributed by atoms with van der Waals surface area (Å²) in [6.45, 7) is 1.47. The molecule has 0 radical (unpaired) electrons. The molecule has 0 spiro atoms. The average Bonchev–Trinajstić information content (AvgIpc) is 2.51. The van der Waals surface area contributed by atoms with E-state index in [1.807, 2.05) is 60.5 Å². The first-order valence-corrected chi connectivity index (χ1v) is 7.06. The number of fused-ring (bicyclic) bond motifs is 1. The summed E-state index contributed by atoms with van der Waals surface area (Å²) in [7, 11) is 1.95. The van der Waals surface area contributed by atoms with Crippen LogP contribution in [0.1, 0.15) is 29.0 Å². The molecule has 2 N–H and O–H groups in total. The lowest BCUT2D eigenvalue weighted by molar-refractivity contribution is -0.114. The lowest BCUT2D eigenvalue weighted by atomic mass is 10.0. The minimum absolute atomic E-state index is 0.0790. The molecule has 22 heavy (non-hydrogen) atoms. The fourth-order valence-corrected chi connectivity index (χ4v) is 2.67.